The van der Waals surface area contributed by atoms with Gasteiger partial charge in [0.15, 0.2) is 0 Å². The summed E-state index contributed by atoms with van der Waals surface area (Å²) in [7, 11) is -3.92. The summed E-state index contributed by atoms with van der Waals surface area (Å²) in [5.74, 6) is -1.65. The number of fused-ring (bicyclic) bond motifs is 1. The quantitative estimate of drug-likeness (QED) is 0.802. The number of likely N-dealkylation sites (tertiary alicyclic amines) is 1. The molecule has 1 amide bonds. The molecule has 1 aliphatic rings. The number of carboxylic acid groups (broad SMARTS) is 1. The van der Waals surface area contributed by atoms with Crippen molar-refractivity contribution in [3.63, 3.8) is 0 Å². The maximum Gasteiger partial charge on any atom is 0.323 e. The van der Waals surface area contributed by atoms with E-state index in [9.17, 15) is 18.0 Å². The standard InChI is InChI=1S/C17H17ClN2O5S/c18-13-5-3-12-9-14(6-4-11(12)8-13)26(24,25)19-15-2-1-7-20(17(15)23)10-16(21)22/h3-6,8-9,15,19H,1-2,7,10H2,(H,21,22)/t15-/m0/s1. The Morgan fingerprint density at radius 1 is 1.23 bits per heavy atom. The Balaban J connectivity index is 1.83. The number of sulfonamides is 1. The number of nitrogens with one attached hydrogen (secondary N) is 1. The highest BCUT2D eigenvalue weighted by atomic mass is 35.5. The lowest BCUT2D eigenvalue weighted by atomic mass is 10.1. The van der Waals surface area contributed by atoms with Crippen molar-refractivity contribution in [3.05, 3.63) is 41.4 Å². The second-order valence-corrected chi connectivity index (χ2v) is 8.27. The number of rotatable bonds is 5. The highest BCUT2D eigenvalue weighted by molar-refractivity contribution is 7.89. The number of carbonyl (C=O) groups is 2. The van der Waals surface area contributed by atoms with Crippen molar-refractivity contribution in [2.24, 2.45) is 0 Å². The SMILES string of the molecule is O=C(O)CN1CCC[C@H](NS(=O)(=O)c2ccc3cc(Cl)ccc3c2)C1=O. The minimum Gasteiger partial charge on any atom is -0.480 e. The molecule has 1 heterocycles. The third-order valence-electron chi connectivity index (χ3n) is 4.24. The average Bonchev–Trinajstić information content (AvgIpc) is 2.57. The number of benzene rings is 2. The second-order valence-electron chi connectivity index (χ2n) is 6.12. The lowest BCUT2D eigenvalue weighted by molar-refractivity contribution is -0.146. The number of carboxylic acids is 1. The zero-order valence-corrected chi connectivity index (χ0v) is 15.3. The summed E-state index contributed by atoms with van der Waals surface area (Å²) in [5.41, 5.74) is 0. The molecule has 0 spiro atoms. The lowest BCUT2D eigenvalue weighted by Gasteiger charge is -2.31. The van der Waals surface area contributed by atoms with Gasteiger partial charge in [-0.3, -0.25) is 9.59 Å². The van der Waals surface area contributed by atoms with Crippen LogP contribution in [-0.2, 0) is 19.6 Å². The minimum absolute atomic E-state index is 0.0375. The van der Waals surface area contributed by atoms with Gasteiger partial charge in [0.1, 0.15) is 12.6 Å². The summed E-state index contributed by atoms with van der Waals surface area (Å²) in [6.07, 6.45) is 0.861. The van der Waals surface area contributed by atoms with Crippen molar-refractivity contribution in [3.8, 4) is 0 Å². The predicted octanol–water partition coefficient (Wildman–Crippen LogP) is 1.85. The van der Waals surface area contributed by atoms with E-state index in [0.717, 1.165) is 10.3 Å². The Labute approximate surface area is 155 Å². The van der Waals surface area contributed by atoms with Gasteiger partial charge in [-0.2, -0.15) is 4.72 Å². The molecular weight excluding hydrogens is 380 g/mol. The third kappa shape index (κ3) is 3.98. The molecule has 138 valence electrons. The topological polar surface area (TPSA) is 104 Å². The average molecular weight is 397 g/mol. The molecule has 1 fully saturated rings. The molecular formula is C17H17ClN2O5S. The van der Waals surface area contributed by atoms with Gasteiger partial charge in [-0.25, -0.2) is 8.42 Å². The van der Waals surface area contributed by atoms with Crippen molar-refractivity contribution in [1.82, 2.24) is 9.62 Å². The monoisotopic (exact) mass is 396 g/mol. The molecule has 9 heteroatoms. The first-order chi connectivity index (χ1) is 12.3. The van der Waals surface area contributed by atoms with E-state index < -0.39 is 34.5 Å². The Kier molecular flexibility index (Phi) is 5.17. The van der Waals surface area contributed by atoms with Crippen LogP contribution in [0.25, 0.3) is 10.8 Å². The maximum atomic E-state index is 12.7. The molecule has 0 aliphatic carbocycles. The highest BCUT2D eigenvalue weighted by Crippen LogP contribution is 2.23. The molecule has 2 N–H and O–H groups in total. The summed E-state index contributed by atoms with van der Waals surface area (Å²) in [5, 5.41) is 10.9. The van der Waals surface area contributed by atoms with Gasteiger partial charge in [0.2, 0.25) is 15.9 Å². The summed E-state index contributed by atoms with van der Waals surface area (Å²) in [6.45, 7) is -0.131. The fraction of sp³-hybridized carbons (Fsp3) is 0.294. The summed E-state index contributed by atoms with van der Waals surface area (Å²) in [4.78, 5) is 24.4. The first-order valence-electron chi connectivity index (χ1n) is 7.98. The van der Waals surface area contributed by atoms with Gasteiger partial charge < -0.3 is 10.0 Å². The molecule has 0 saturated carbocycles. The molecule has 1 aliphatic heterocycles. The molecule has 7 nitrogen and oxygen atoms in total. The maximum absolute atomic E-state index is 12.7. The van der Waals surface area contributed by atoms with E-state index in [1.807, 2.05) is 0 Å². The molecule has 26 heavy (non-hydrogen) atoms. The largest absolute Gasteiger partial charge is 0.480 e. The fourth-order valence-corrected chi connectivity index (χ4v) is 4.43. The lowest BCUT2D eigenvalue weighted by Crippen LogP contribution is -2.53. The molecule has 0 unspecified atom stereocenters. The van der Waals surface area contributed by atoms with Crippen LogP contribution in [0.2, 0.25) is 5.02 Å². The molecule has 1 atom stereocenters. The Morgan fingerprint density at radius 2 is 1.92 bits per heavy atom. The summed E-state index contributed by atoms with van der Waals surface area (Å²) < 4.78 is 27.7. The Morgan fingerprint density at radius 3 is 2.65 bits per heavy atom. The van der Waals surface area contributed by atoms with Crippen molar-refractivity contribution in [1.29, 1.82) is 0 Å². The zero-order chi connectivity index (χ0) is 18.9. The van der Waals surface area contributed by atoms with Crippen LogP contribution in [0.3, 0.4) is 0 Å². The summed E-state index contributed by atoms with van der Waals surface area (Å²) >= 11 is 5.93. The van der Waals surface area contributed by atoms with Crippen molar-refractivity contribution in [2.75, 3.05) is 13.1 Å². The van der Waals surface area contributed by atoms with E-state index in [2.05, 4.69) is 4.72 Å². The highest BCUT2D eigenvalue weighted by Gasteiger charge is 2.33. The normalized spacial score (nSPS) is 18.3. The van der Waals surface area contributed by atoms with Gasteiger partial charge in [-0.05, 0) is 47.9 Å². The summed E-state index contributed by atoms with van der Waals surface area (Å²) in [6, 6.07) is 8.76. The minimum atomic E-state index is -3.92. The van der Waals surface area contributed by atoms with Crippen molar-refractivity contribution >= 4 is 44.3 Å². The predicted molar refractivity (Wildman–Crippen MR) is 96.5 cm³/mol. The number of hydrogen-bond acceptors (Lipinski definition) is 4. The van der Waals surface area contributed by atoms with Crippen LogP contribution in [0.15, 0.2) is 41.3 Å². The van der Waals surface area contributed by atoms with Crippen LogP contribution in [0.5, 0.6) is 0 Å². The number of nitrogens with zero attached hydrogens (tertiary/aromatic N) is 1. The van der Waals surface area contributed by atoms with Crippen LogP contribution < -0.4 is 4.72 Å². The number of aliphatic carboxylic acids is 1. The van der Waals surface area contributed by atoms with Crippen molar-refractivity contribution < 1.29 is 23.1 Å². The van der Waals surface area contributed by atoms with Gasteiger partial charge in [0.25, 0.3) is 0 Å². The van der Waals surface area contributed by atoms with Crippen LogP contribution in [0.1, 0.15) is 12.8 Å². The molecule has 0 radical (unpaired) electrons. The number of carbonyl (C=O) groups excluding carboxylic acids is 1. The number of hydrogen-bond donors (Lipinski definition) is 2. The van der Waals surface area contributed by atoms with Gasteiger partial charge in [0, 0.05) is 11.6 Å². The Hall–Kier alpha value is -2.16. The van der Waals surface area contributed by atoms with Crippen LogP contribution in [0.4, 0.5) is 0 Å². The fourth-order valence-electron chi connectivity index (χ4n) is 2.99. The number of piperidine rings is 1. The number of amides is 1. The third-order valence-corrected chi connectivity index (χ3v) is 5.94. The first-order valence-corrected chi connectivity index (χ1v) is 9.84. The van der Waals surface area contributed by atoms with E-state index in [1.165, 1.54) is 12.1 Å². The number of halogens is 1. The van der Waals surface area contributed by atoms with Gasteiger partial charge in [0.05, 0.1) is 4.90 Å². The van der Waals surface area contributed by atoms with Crippen molar-refractivity contribution in [2.45, 2.75) is 23.8 Å². The molecule has 0 bridgehead atoms. The molecule has 1 saturated heterocycles. The van der Waals surface area contributed by atoms with E-state index >= 15 is 0 Å². The zero-order valence-electron chi connectivity index (χ0n) is 13.7. The molecule has 2 aromatic rings. The van der Waals surface area contributed by atoms with E-state index in [1.54, 1.807) is 24.3 Å². The van der Waals surface area contributed by atoms with Gasteiger partial charge >= 0.3 is 5.97 Å². The van der Waals surface area contributed by atoms with Gasteiger partial charge in [-0.1, -0.05) is 23.7 Å². The Bertz CT molecular complexity index is 976. The van der Waals surface area contributed by atoms with E-state index in [0.29, 0.717) is 29.8 Å². The molecule has 3 rings (SSSR count). The van der Waals surface area contributed by atoms with E-state index in [-0.39, 0.29) is 4.90 Å². The van der Waals surface area contributed by atoms with Crippen LogP contribution in [-0.4, -0.2) is 49.4 Å². The molecule has 2 aromatic carbocycles. The van der Waals surface area contributed by atoms with Crippen LogP contribution >= 0.6 is 11.6 Å². The van der Waals surface area contributed by atoms with Gasteiger partial charge in [-0.15, -0.1) is 0 Å². The molecule has 0 aromatic heterocycles. The second kappa shape index (κ2) is 7.22. The smallest absolute Gasteiger partial charge is 0.323 e. The van der Waals surface area contributed by atoms with Crippen LogP contribution in [0, 0.1) is 0 Å². The van der Waals surface area contributed by atoms with E-state index in [4.69, 9.17) is 16.7 Å². The first kappa shape index (κ1) is 18.6.